The molecule has 0 radical (unpaired) electrons. The maximum Gasteiger partial charge on any atom is 0.292 e. The average Bonchev–Trinajstić information content (AvgIpc) is 2.34. The molecule has 0 aliphatic carbocycles. The van der Waals surface area contributed by atoms with Gasteiger partial charge >= 0.3 is 0 Å². The molecule has 2 rings (SSSR count). The largest absolute Gasteiger partial charge is 0.490 e. The van der Waals surface area contributed by atoms with Gasteiger partial charge in [-0.25, -0.2) is 0 Å². The summed E-state index contributed by atoms with van der Waals surface area (Å²) < 4.78 is 6.06. The van der Waals surface area contributed by atoms with Gasteiger partial charge in [-0.1, -0.05) is 0 Å². The monoisotopic (exact) mass is 307 g/mol. The van der Waals surface area contributed by atoms with Gasteiger partial charge < -0.3 is 10.5 Å². The molecule has 0 atom stereocenters. The number of hydrogen-bond acceptors (Lipinski definition) is 5. The van der Waals surface area contributed by atoms with Crippen molar-refractivity contribution >= 4 is 11.4 Å². The number of nitrogens with zero attached hydrogens (tertiary/aromatic N) is 2. The Balaban J connectivity index is 2.17. The zero-order chi connectivity index (χ0) is 16.7. The molecule has 1 saturated heterocycles. The number of ether oxygens (including phenoxy) is 1. The first-order chi connectivity index (χ1) is 10.0. The van der Waals surface area contributed by atoms with Crippen LogP contribution in [0.1, 0.15) is 40.5 Å². The van der Waals surface area contributed by atoms with Crippen molar-refractivity contribution < 1.29 is 9.66 Å². The second-order valence-corrected chi connectivity index (χ2v) is 7.31. The van der Waals surface area contributed by atoms with E-state index in [0.717, 1.165) is 12.8 Å². The summed E-state index contributed by atoms with van der Waals surface area (Å²) in [5.74, 6) is 0.587. The van der Waals surface area contributed by atoms with Gasteiger partial charge in [0.15, 0.2) is 0 Å². The van der Waals surface area contributed by atoms with Crippen molar-refractivity contribution in [3.63, 3.8) is 0 Å². The third-order valence-electron chi connectivity index (χ3n) is 4.77. The number of hydrogen-bond donors (Lipinski definition) is 1. The van der Waals surface area contributed by atoms with Gasteiger partial charge in [-0.05, 0) is 40.8 Å². The van der Waals surface area contributed by atoms with E-state index in [9.17, 15) is 10.1 Å². The number of nitro benzene ring substituents is 1. The van der Waals surface area contributed by atoms with Gasteiger partial charge in [0, 0.05) is 36.1 Å². The molecule has 1 aliphatic rings. The second kappa shape index (κ2) is 5.43. The zero-order valence-corrected chi connectivity index (χ0v) is 13.9. The Kier molecular flexibility index (Phi) is 4.08. The van der Waals surface area contributed by atoms with Crippen LogP contribution < -0.4 is 10.5 Å². The molecule has 6 heteroatoms. The predicted molar refractivity (Wildman–Crippen MR) is 87.1 cm³/mol. The number of piperidine rings is 1. The van der Waals surface area contributed by atoms with E-state index in [0.29, 0.717) is 5.75 Å². The summed E-state index contributed by atoms with van der Waals surface area (Å²) in [5, 5.41) is 10.8. The van der Waals surface area contributed by atoms with Crippen LogP contribution in [0.3, 0.4) is 0 Å². The molecule has 0 unspecified atom stereocenters. The minimum atomic E-state index is -0.485. The first kappa shape index (κ1) is 16.5. The van der Waals surface area contributed by atoms with Gasteiger partial charge in [-0.2, -0.15) is 0 Å². The number of nitro groups is 1. The van der Waals surface area contributed by atoms with Gasteiger partial charge in [0.1, 0.15) is 17.5 Å². The highest BCUT2D eigenvalue weighted by atomic mass is 16.6. The number of anilines is 1. The fourth-order valence-corrected chi connectivity index (χ4v) is 3.33. The Morgan fingerprint density at radius 2 is 1.82 bits per heavy atom. The minimum absolute atomic E-state index is 0.0265. The highest BCUT2D eigenvalue weighted by Crippen LogP contribution is 2.39. The highest BCUT2D eigenvalue weighted by molar-refractivity contribution is 5.60. The molecule has 0 spiro atoms. The molecule has 1 aromatic carbocycles. The van der Waals surface area contributed by atoms with E-state index in [1.54, 1.807) is 6.07 Å². The fourth-order valence-electron chi connectivity index (χ4n) is 3.33. The predicted octanol–water partition coefficient (Wildman–Crippen LogP) is 3.21. The molecular formula is C16H25N3O3. The molecule has 0 amide bonds. The van der Waals surface area contributed by atoms with Crippen LogP contribution in [0.25, 0.3) is 0 Å². The van der Waals surface area contributed by atoms with Crippen molar-refractivity contribution in [3.8, 4) is 5.75 Å². The van der Waals surface area contributed by atoms with Gasteiger partial charge in [-0.3, -0.25) is 15.0 Å². The lowest BCUT2D eigenvalue weighted by molar-refractivity contribution is -0.383. The third kappa shape index (κ3) is 3.16. The lowest BCUT2D eigenvalue weighted by Gasteiger charge is -2.53. The van der Waals surface area contributed by atoms with Crippen molar-refractivity contribution in [2.24, 2.45) is 0 Å². The van der Waals surface area contributed by atoms with Gasteiger partial charge in [-0.15, -0.1) is 0 Å². The van der Waals surface area contributed by atoms with E-state index in [2.05, 4.69) is 39.6 Å². The highest BCUT2D eigenvalue weighted by Gasteiger charge is 2.43. The maximum atomic E-state index is 10.8. The lowest BCUT2D eigenvalue weighted by Crippen LogP contribution is -2.60. The van der Waals surface area contributed by atoms with Gasteiger partial charge in [0.2, 0.25) is 0 Å². The molecular weight excluding hydrogens is 282 g/mol. The van der Waals surface area contributed by atoms with Crippen molar-refractivity contribution in [3.05, 3.63) is 28.3 Å². The van der Waals surface area contributed by atoms with E-state index in [-0.39, 0.29) is 28.6 Å². The Bertz CT molecular complexity index is 566. The van der Waals surface area contributed by atoms with Gasteiger partial charge in [0.05, 0.1) is 4.92 Å². The fraction of sp³-hybridized carbons (Fsp3) is 0.625. The molecule has 1 fully saturated rings. The van der Waals surface area contributed by atoms with Crippen molar-refractivity contribution in [2.45, 2.75) is 57.7 Å². The summed E-state index contributed by atoms with van der Waals surface area (Å²) in [4.78, 5) is 12.7. The van der Waals surface area contributed by atoms with Crippen LogP contribution in [0.15, 0.2) is 18.2 Å². The summed E-state index contributed by atoms with van der Waals surface area (Å²) >= 11 is 0. The van der Waals surface area contributed by atoms with Crippen LogP contribution in [0.5, 0.6) is 5.75 Å². The Morgan fingerprint density at radius 3 is 2.27 bits per heavy atom. The third-order valence-corrected chi connectivity index (χ3v) is 4.77. The molecule has 0 saturated carbocycles. The van der Waals surface area contributed by atoms with E-state index in [1.807, 2.05) is 0 Å². The lowest BCUT2D eigenvalue weighted by atomic mass is 9.79. The number of nitrogens with two attached hydrogens (primary N) is 1. The molecule has 6 nitrogen and oxygen atoms in total. The summed E-state index contributed by atoms with van der Waals surface area (Å²) in [7, 11) is 2.14. The van der Waals surface area contributed by atoms with Crippen LogP contribution in [-0.4, -0.2) is 34.1 Å². The number of rotatable bonds is 3. The molecule has 0 aromatic heterocycles. The SMILES string of the molecule is CN1C(C)(C)CC(Oc2ccc([N+](=O)[O-])c(N)c2)CC1(C)C. The summed E-state index contributed by atoms with van der Waals surface area (Å²) in [6.07, 6.45) is 1.84. The van der Waals surface area contributed by atoms with Crippen LogP contribution in [0.4, 0.5) is 11.4 Å². The van der Waals surface area contributed by atoms with E-state index >= 15 is 0 Å². The van der Waals surface area contributed by atoms with Crippen LogP contribution in [0.2, 0.25) is 0 Å². The minimum Gasteiger partial charge on any atom is -0.490 e. The first-order valence-corrected chi connectivity index (χ1v) is 7.47. The Morgan fingerprint density at radius 1 is 1.27 bits per heavy atom. The van der Waals surface area contributed by atoms with E-state index in [1.165, 1.54) is 12.1 Å². The molecule has 0 bridgehead atoms. The second-order valence-electron chi connectivity index (χ2n) is 7.31. The molecule has 1 heterocycles. The molecule has 1 aromatic rings. The van der Waals surface area contributed by atoms with Crippen molar-refractivity contribution in [1.82, 2.24) is 4.90 Å². The summed E-state index contributed by atoms with van der Waals surface area (Å²) in [6, 6.07) is 4.55. The van der Waals surface area contributed by atoms with Crippen LogP contribution in [-0.2, 0) is 0 Å². The average molecular weight is 307 g/mol. The van der Waals surface area contributed by atoms with Crippen LogP contribution in [0, 0.1) is 10.1 Å². The maximum absolute atomic E-state index is 10.8. The molecule has 122 valence electrons. The number of benzene rings is 1. The smallest absolute Gasteiger partial charge is 0.292 e. The van der Waals surface area contributed by atoms with Crippen molar-refractivity contribution in [2.75, 3.05) is 12.8 Å². The molecule has 2 N–H and O–H groups in total. The Hall–Kier alpha value is -1.82. The van der Waals surface area contributed by atoms with E-state index in [4.69, 9.17) is 10.5 Å². The normalized spacial score (nSPS) is 21.5. The number of likely N-dealkylation sites (tertiary alicyclic amines) is 1. The molecule has 1 aliphatic heterocycles. The van der Waals surface area contributed by atoms with E-state index < -0.39 is 4.92 Å². The van der Waals surface area contributed by atoms with Crippen LogP contribution >= 0.6 is 0 Å². The van der Waals surface area contributed by atoms with Gasteiger partial charge in [0.25, 0.3) is 5.69 Å². The van der Waals surface area contributed by atoms with Crippen molar-refractivity contribution in [1.29, 1.82) is 0 Å². The molecule has 22 heavy (non-hydrogen) atoms. The standard InChI is InChI=1S/C16H25N3O3/c1-15(2)9-12(10-16(3,4)18(15)5)22-11-6-7-14(19(20)21)13(17)8-11/h6-8,12H,9-10,17H2,1-5H3. The summed E-state index contributed by atoms with van der Waals surface area (Å²) in [5.41, 5.74) is 5.83. The number of nitrogen functional groups attached to an aromatic ring is 1. The Labute approximate surface area is 131 Å². The zero-order valence-electron chi connectivity index (χ0n) is 13.9. The first-order valence-electron chi connectivity index (χ1n) is 7.47. The topological polar surface area (TPSA) is 81.6 Å². The summed E-state index contributed by atoms with van der Waals surface area (Å²) in [6.45, 7) is 8.81. The quantitative estimate of drug-likeness (QED) is 0.527.